The third kappa shape index (κ3) is 1.50. The number of fused-ring (bicyclic) bond motifs is 1. The van der Waals surface area contributed by atoms with Gasteiger partial charge in [-0.15, -0.1) is 0 Å². The molecule has 2 heteroatoms. The predicted octanol–water partition coefficient (Wildman–Crippen LogP) is 1.31. The van der Waals surface area contributed by atoms with Gasteiger partial charge in [-0.3, -0.25) is 4.90 Å². The molecule has 1 aliphatic heterocycles. The number of piperidine rings is 1. The van der Waals surface area contributed by atoms with Crippen LogP contribution in [0.15, 0.2) is 0 Å². The average Bonchev–Trinajstić information content (AvgIpc) is 2.54. The van der Waals surface area contributed by atoms with E-state index >= 15 is 0 Å². The molecule has 2 unspecified atom stereocenters. The first-order valence-corrected chi connectivity index (χ1v) is 5.64. The highest BCUT2D eigenvalue weighted by atomic mass is 15.2. The Balaban J connectivity index is 1.89. The summed E-state index contributed by atoms with van der Waals surface area (Å²) in [6, 6.07) is 1.33. The summed E-state index contributed by atoms with van der Waals surface area (Å²) in [4.78, 5) is 2.66. The molecule has 1 heterocycles. The van der Waals surface area contributed by atoms with E-state index < -0.39 is 0 Å². The number of likely N-dealkylation sites (tertiary alicyclic amines) is 1. The van der Waals surface area contributed by atoms with Crippen molar-refractivity contribution in [2.45, 2.75) is 39.3 Å². The van der Waals surface area contributed by atoms with Crippen molar-refractivity contribution in [3.05, 3.63) is 0 Å². The molecule has 1 aliphatic carbocycles. The summed E-state index contributed by atoms with van der Waals surface area (Å²) in [6.45, 7) is 9.50. The van der Waals surface area contributed by atoms with Crippen molar-refractivity contribution in [3.8, 4) is 0 Å². The highest BCUT2D eigenvalue weighted by molar-refractivity contribution is 5.09. The van der Waals surface area contributed by atoms with Gasteiger partial charge in [0.2, 0.25) is 0 Å². The first-order chi connectivity index (χ1) is 6.15. The van der Waals surface area contributed by atoms with Crippen LogP contribution in [0, 0.1) is 17.8 Å². The van der Waals surface area contributed by atoms with Crippen LogP contribution in [0.2, 0.25) is 0 Å². The molecule has 2 rings (SSSR count). The van der Waals surface area contributed by atoms with Crippen LogP contribution in [0.25, 0.3) is 0 Å². The number of nitrogens with two attached hydrogens (primary N) is 1. The fraction of sp³-hybridized carbons (Fsp3) is 1.00. The van der Waals surface area contributed by atoms with E-state index in [-0.39, 0.29) is 0 Å². The second-order valence-corrected chi connectivity index (χ2v) is 5.08. The Morgan fingerprint density at radius 3 is 2.23 bits per heavy atom. The highest BCUT2D eigenvalue weighted by Gasteiger charge is 2.54. The van der Waals surface area contributed by atoms with Crippen molar-refractivity contribution >= 4 is 0 Å². The van der Waals surface area contributed by atoms with E-state index in [1.165, 1.54) is 19.5 Å². The van der Waals surface area contributed by atoms with Gasteiger partial charge in [-0.2, -0.15) is 0 Å². The molecule has 2 N–H and O–H groups in total. The van der Waals surface area contributed by atoms with E-state index in [4.69, 9.17) is 5.73 Å². The first-order valence-electron chi connectivity index (χ1n) is 5.64. The Morgan fingerprint density at radius 2 is 1.85 bits per heavy atom. The molecule has 0 bridgehead atoms. The Morgan fingerprint density at radius 1 is 1.31 bits per heavy atom. The fourth-order valence-corrected chi connectivity index (χ4v) is 3.03. The zero-order valence-corrected chi connectivity index (χ0v) is 9.03. The zero-order chi connectivity index (χ0) is 9.59. The monoisotopic (exact) mass is 182 g/mol. The second-order valence-electron chi connectivity index (χ2n) is 5.08. The van der Waals surface area contributed by atoms with Gasteiger partial charge < -0.3 is 5.73 Å². The lowest BCUT2D eigenvalue weighted by Gasteiger charge is -2.31. The summed E-state index contributed by atoms with van der Waals surface area (Å²) in [7, 11) is 0. The Kier molecular flexibility index (Phi) is 2.37. The van der Waals surface area contributed by atoms with E-state index in [1.54, 1.807) is 0 Å². The number of rotatable bonds is 3. The summed E-state index contributed by atoms with van der Waals surface area (Å²) in [5, 5.41) is 0. The molecule has 2 fully saturated rings. The maximum Gasteiger partial charge on any atom is 0.0127 e. The van der Waals surface area contributed by atoms with Gasteiger partial charge in [-0.25, -0.2) is 0 Å². The molecule has 76 valence electrons. The lowest BCUT2D eigenvalue weighted by atomic mass is 10.00. The summed E-state index contributed by atoms with van der Waals surface area (Å²) < 4.78 is 0. The first kappa shape index (κ1) is 9.47. The fourth-order valence-electron chi connectivity index (χ4n) is 3.03. The maximum atomic E-state index is 5.93. The molecule has 2 nitrogen and oxygen atoms in total. The Labute approximate surface area is 81.5 Å². The molecule has 13 heavy (non-hydrogen) atoms. The van der Waals surface area contributed by atoms with Gasteiger partial charge in [0.1, 0.15) is 0 Å². The van der Waals surface area contributed by atoms with Crippen LogP contribution >= 0.6 is 0 Å². The summed E-state index contributed by atoms with van der Waals surface area (Å²) >= 11 is 0. The molecule has 4 atom stereocenters. The lowest BCUT2D eigenvalue weighted by Crippen LogP contribution is -2.40. The van der Waals surface area contributed by atoms with E-state index in [9.17, 15) is 0 Å². The molecule has 0 aromatic rings. The SMILES string of the molecule is CCC(C(C)C)N1C[C@@H]2C(N)[C@@H]2C1. The van der Waals surface area contributed by atoms with Crippen LogP contribution in [0.1, 0.15) is 27.2 Å². The van der Waals surface area contributed by atoms with Crippen molar-refractivity contribution in [3.63, 3.8) is 0 Å². The van der Waals surface area contributed by atoms with Gasteiger partial charge in [0.05, 0.1) is 0 Å². The van der Waals surface area contributed by atoms with Crippen molar-refractivity contribution < 1.29 is 0 Å². The standard InChI is InChI=1S/C11H22N2/c1-4-10(7(2)3)13-5-8-9(6-13)11(8)12/h7-11H,4-6,12H2,1-3H3/t8-,9+,10?,11?. The highest BCUT2D eigenvalue weighted by Crippen LogP contribution is 2.45. The van der Waals surface area contributed by atoms with Gasteiger partial charge >= 0.3 is 0 Å². The molecule has 0 aromatic heterocycles. The minimum Gasteiger partial charge on any atom is -0.327 e. The quantitative estimate of drug-likeness (QED) is 0.713. The van der Waals surface area contributed by atoms with Crippen LogP contribution in [-0.2, 0) is 0 Å². The Bertz CT molecular complexity index is 179. The number of hydrogen-bond donors (Lipinski definition) is 1. The normalized spacial score (nSPS) is 40.8. The van der Waals surface area contributed by atoms with Crippen molar-refractivity contribution in [2.75, 3.05) is 13.1 Å². The van der Waals surface area contributed by atoms with Crippen LogP contribution in [0.3, 0.4) is 0 Å². The van der Waals surface area contributed by atoms with Crippen molar-refractivity contribution in [1.82, 2.24) is 4.90 Å². The van der Waals surface area contributed by atoms with Gasteiger partial charge in [0.15, 0.2) is 0 Å². The molecule has 0 aromatic carbocycles. The second kappa shape index (κ2) is 3.25. The van der Waals surface area contributed by atoms with Crippen molar-refractivity contribution in [1.29, 1.82) is 0 Å². The largest absolute Gasteiger partial charge is 0.327 e. The topological polar surface area (TPSA) is 29.3 Å². The zero-order valence-electron chi connectivity index (χ0n) is 9.03. The molecular weight excluding hydrogens is 160 g/mol. The summed E-state index contributed by atoms with van der Waals surface area (Å²) in [5.41, 5.74) is 5.93. The van der Waals surface area contributed by atoms with Crippen LogP contribution < -0.4 is 5.73 Å². The number of nitrogens with zero attached hydrogens (tertiary/aromatic N) is 1. The van der Waals surface area contributed by atoms with Gasteiger partial charge in [0.25, 0.3) is 0 Å². The molecule has 1 saturated heterocycles. The third-order valence-corrected chi connectivity index (χ3v) is 3.95. The predicted molar refractivity (Wildman–Crippen MR) is 55.4 cm³/mol. The van der Waals surface area contributed by atoms with E-state index in [0.29, 0.717) is 6.04 Å². The molecule has 0 amide bonds. The average molecular weight is 182 g/mol. The van der Waals surface area contributed by atoms with Crippen LogP contribution in [0.4, 0.5) is 0 Å². The van der Waals surface area contributed by atoms with E-state index in [0.717, 1.165) is 23.8 Å². The molecule has 2 aliphatic rings. The maximum absolute atomic E-state index is 5.93. The van der Waals surface area contributed by atoms with Gasteiger partial charge in [-0.1, -0.05) is 20.8 Å². The van der Waals surface area contributed by atoms with E-state index in [2.05, 4.69) is 25.7 Å². The van der Waals surface area contributed by atoms with E-state index in [1.807, 2.05) is 0 Å². The molecule has 1 saturated carbocycles. The minimum atomic E-state index is 0.543. The third-order valence-electron chi connectivity index (χ3n) is 3.95. The number of hydrogen-bond acceptors (Lipinski definition) is 2. The van der Waals surface area contributed by atoms with Crippen LogP contribution in [-0.4, -0.2) is 30.1 Å². The molecule has 0 spiro atoms. The lowest BCUT2D eigenvalue weighted by molar-refractivity contribution is 0.165. The Hall–Kier alpha value is -0.0800. The summed E-state index contributed by atoms with van der Waals surface area (Å²) in [5.74, 6) is 2.47. The van der Waals surface area contributed by atoms with Gasteiger partial charge in [-0.05, 0) is 24.2 Å². The van der Waals surface area contributed by atoms with Gasteiger partial charge in [0, 0.05) is 25.2 Å². The smallest absolute Gasteiger partial charge is 0.0127 e. The van der Waals surface area contributed by atoms with Crippen LogP contribution in [0.5, 0.6) is 0 Å². The minimum absolute atomic E-state index is 0.543. The molecule has 0 radical (unpaired) electrons. The van der Waals surface area contributed by atoms with Crippen molar-refractivity contribution in [2.24, 2.45) is 23.5 Å². The molecular formula is C11H22N2. The summed E-state index contributed by atoms with van der Waals surface area (Å²) in [6.07, 6.45) is 1.28.